The van der Waals surface area contributed by atoms with Crippen LogP contribution in [0.25, 0.3) is 0 Å². The highest BCUT2D eigenvalue weighted by Gasteiger charge is 1.83. The Morgan fingerprint density at radius 2 is 2.33 bits per heavy atom. The molecule has 0 aromatic heterocycles. The van der Waals surface area contributed by atoms with Crippen LogP contribution in [-0.2, 0) is 9.59 Å². The van der Waals surface area contributed by atoms with Crippen LogP contribution in [-0.4, -0.2) is 12.2 Å². The lowest BCUT2D eigenvalue weighted by atomic mass is 10.2. The third kappa shape index (κ3) is 3.44. The van der Waals surface area contributed by atoms with Gasteiger partial charge in [-0.25, -0.2) is 4.79 Å². The lowest BCUT2D eigenvalue weighted by Crippen LogP contribution is -1.74. The maximum Gasteiger partial charge on any atom is 0.142 e. The Morgan fingerprint density at radius 1 is 1.67 bits per heavy atom. The van der Waals surface area contributed by atoms with Crippen molar-refractivity contribution in [3.63, 3.8) is 0 Å². The van der Waals surface area contributed by atoms with E-state index in [0.717, 1.165) is 0 Å². The predicted octanol–water partition coefficient (Wildman–Crippen LogP) is 0.909. The molecule has 0 unspecified atom stereocenters. The Labute approximate surface area is 53.9 Å². The molecule has 0 aromatic rings. The Morgan fingerprint density at radius 3 is 2.67 bits per heavy atom. The lowest BCUT2D eigenvalue weighted by molar-refractivity contribution is -0.104. The first-order valence-corrected chi connectivity index (χ1v) is 2.71. The van der Waals surface area contributed by atoms with Gasteiger partial charge in [-0.05, 0) is 18.6 Å². The van der Waals surface area contributed by atoms with Crippen LogP contribution < -0.4 is 0 Å². The molecule has 0 fully saturated rings. The molecule has 0 atom stereocenters. The first-order chi connectivity index (χ1) is 4.35. The Kier molecular flexibility index (Phi) is 4.37. The number of carbonyl (C=O) groups excluding carboxylic acids is 2. The average molecular weight is 124 g/mol. The maximum absolute atomic E-state index is 9.91. The van der Waals surface area contributed by atoms with Gasteiger partial charge >= 0.3 is 0 Å². The molecule has 9 heavy (non-hydrogen) atoms. The molecule has 0 radical (unpaired) electrons. The molecule has 0 N–H and O–H groups in total. The monoisotopic (exact) mass is 124 g/mol. The molecule has 0 heterocycles. The summed E-state index contributed by atoms with van der Waals surface area (Å²) >= 11 is 0. The molecular weight excluding hydrogens is 116 g/mol. The number of hydrogen-bond donors (Lipinski definition) is 0. The van der Waals surface area contributed by atoms with E-state index in [1.807, 2.05) is 6.92 Å². The van der Waals surface area contributed by atoms with E-state index in [-0.39, 0.29) is 0 Å². The van der Waals surface area contributed by atoms with Crippen LogP contribution in [0, 0.1) is 0 Å². The summed E-state index contributed by atoms with van der Waals surface area (Å²) in [5.74, 6) is 1.71. The number of rotatable bonds is 3. The zero-order valence-corrected chi connectivity index (χ0v) is 5.26. The largest absolute Gasteiger partial charge is 0.299 e. The molecule has 0 aliphatic rings. The summed E-state index contributed by atoms with van der Waals surface area (Å²) in [5, 5.41) is 0. The molecule has 0 aromatic carbocycles. The van der Waals surface area contributed by atoms with Crippen LogP contribution in [0.2, 0.25) is 0 Å². The first-order valence-electron chi connectivity index (χ1n) is 2.71. The third-order valence-corrected chi connectivity index (χ3v) is 0.888. The van der Waals surface area contributed by atoms with Crippen molar-refractivity contribution in [1.82, 2.24) is 0 Å². The maximum atomic E-state index is 9.91. The quantitative estimate of drug-likeness (QED) is 0.242. The zero-order chi connectivity index (χ0) is 7.11. The van der Waals surface area contributed by atoms with Crippen LogP contribution in [0.1, 0.15) is 13.3 Å². The van der Waals surface area contributed by atoms with Crippen molar-refractivity contribution in [2.24, 2.45) is 0 Å². The van der Waals surface area contributed by atoms with Gasteiger partial charge in [-0.1, -0.05) is 6.92 Å². The van der Waals surface area contributed by atoms with Crippen molar-refractivity contribution in [3.05, 3.63) is 17.7 Å². The van der Waals surface area contributed by atoms with Gasteiger partial charge in [-0.3, -0.25) is 4.79 Å². The van der Waals surface area contributed by atoms with E-state index in [9.17, 15) is 9.59 Å². The van der Waals surface area contributed by atoms with Gasteiger partial charge < -0.3 is 0 Å². The van der Waals surface area contributed by atoms with E-state index in [1.54, 1.807) is 5.94 Å². The van der Waals surface area contributed by atoms with Gasteiger partial charge in [0.05, 0.1) is 0 Å². The van der Waals surface area contributed by atoms with Gasteiger partial charge in [-0.2, -0.15) is 0 Å². The minimum Gasteiger partial charge on any atom is -0.299 e. The van der Waals surface area contributed by atoms with Crippen molar-refractivity contribution >= 4 is 12.2 Å². The normalized spacial score (nSPS) is 9.00. The summed E-state index contributed by atoms with van der Waals surface area (Å²) in [6.45, 7) is 1.83. The Hall–Kier alpha value is -1.14. The highest BCUT2D eigenvalue weighted by atomic mass is 16.1. The summed E-state index contributed by atoms with van der Waals surface area (Å²) in [4.78, 5) is 19.6. The minimum absolute atomic E-state index is 0.516. The van der Waals surface area contributed by atoms with Gasteiger partial charge in [0, 0.05) is 5.57 Å². The molecule has 0 rings (SSSR count). The standard InChI is InChI=1S/C7H8O2/c1-2-7(6-9)4-3-5-8/h3-5H,2H2,1H3/b4-3+. The van der Waals surface area contributed by atoms with Crippen LogP contribution in [0.4, 0.5) is 0 Å². The molecular formula is C7H8O2. The molecule has 2 nitrogen and oxygen atoms in total. The van der Waals surface area contributed by atoms with Crippen LogP contribution in [0.3, 0.4) is 0 Å². The molecule has 0 spiro atoms. The SMILES string of the molecule is CCC(=C=O)/C=C/C=O. The summed E-state index contributed by atoms with van der Waals surface area (Å²) in [7, 11) is 0. The highest BCUT2D eigenvalue weighted by molar-refractivity contribution is 5.68. The highest BCUT2D eigenvalue weighted by Crippen LogP contribution is 1.94. The molecule has 0 aliphatic heterocycles. The van der Waals surface area contributed by atoms with Crippen molar-refractivity contribution < 1.29 is 9.59 Å². The zero-order valence-electron chi connectivity index (χ0n) is 5.26. The van der Waals surface area contributed by atoms with E-state index in [1.165, 1.54) is 12.2 Å². The van der Waals surface area contributed by atoms with Crippen molar-refractivity contribution in [3.8, 4) is 0 Å². The Bertz CT molecular complexity index is 162. The summed E-state index contributed by atoms with van der Waals surface area (Å²) in [6.07, 6.45) is 3.99. The summed E-state index contributed by atoms with van der Waals surface area (Å²) < 4.78 is 0. The summed E-state index contributed by atoms with van der Waals surface area (Å²) in [6, 6.07) is 0. The molecule has 0 saturated heterocycles. The second-order valence-electron chi connectivity index (χ2n) is 1.48. The number of aldehydes is 1. The van der Waals surface area contributed by atoms with Gasteiger partial charge in [-0.15, -0.1) is 0 Å². The number of allylic oxidation sites excluding steroid dienone is 3. The van der Waals surface area contributed by atoms with Crippen molar-refractivity contribution in [1.29, 1.82) is 0 Å². The van der Waals surface area contributed by atoms with Gasteiger partial charge in [0.25, 0.3) is 0 Å². The summed E-state index contributed by atoms with van der Waals surface area (Å²) in [5.41, 5.74) is 0.516. The molecule has 0 amide bonds. The number of carbonyl (C=O) groups is 1. The fraction of sp³-hybridized carbons (Fsp3) is 0.286. The average Bonchev–Trinajstić information content (AvgIpc) is 1.91. The van der Waals surface area contributed by atoms with Gasteiger partial charge in [0.2, 0.25) is 0 Å². The van der Waals surface area contributed by atoms with Crippen molar-refractivity contribution in [2.45, 2.75) is 13.3 Å². The van der Waals surface area contributed by atoms with E-state index in [0.29, 0.717) is 18.3 Å². The molecule has 2 heteroatoms. The molecule has 0 bridgehead atoms. The first kappa shape index (κ1) is 7.86. The smallest absolute Gasteiger partial charge is 0.142 e. The fourth-order valence-electron chi connectivity index (χ4n) is 0.379. The predicted molar refractivity (Wildman–Crippen MR) is 34.7 cm³/mol. The fourth-order valence-corrected chi connectivity index (χ4v) is 0.379. The van der Waals surface area contributed by atoms with Crippen LogP contribution in [0.5, 0.6) is 0 Å². The minimum atomic E-state index is 0.516. The molecule has 0 aliphatic carbocycles. The second-order valence-corrected chi connectivity index (χ2v) is 1.48. The molecule has 48 valence electrons. The van der Waals surface area contributed by atoms with Gasteiger partial charge in [0.15, 0.2) is 0 Å². The lowest BCUT2D eigenvalue weighted by Gasteiger charge is -1.82. The van der Waals surface area contributed by atoms with E-state index < -0.39 is 0 Å². The second kappa shape index (κ2) is 5.01. The van der Waals surface area contributed by atoms with E-state index in [2.05, 4.69) is 0 Å². The van der Waals surface area contributed by atoms with E-state index in [4.69, 9.17) is 0 Å². The number of hydrogen-bond acceptors (Lipinski definition) is 2. The van der Waals surface area contributed by atoms with Crippen molar-refractivity contribution in [2.75, 3.05) is 0 Å². The third-order valence-electron chi connectivity index (χ3n) is 0.888. The Balaban J connectivity index is 4.00. The molecule has 0 saturated carbocycles. The van der Waals surface area contributed by atoms with Crippen LogP contribution in [0.15, 0.2) is 17.7 Å². The van der Waals surface area contributed by atoms with Crippen LogP contribution >= 0.6 is 0 Å². The topological polar surface area (TPSA) is 34.1 Å². The van der Waals surface area contributed by atoms with Gasteiger partial charge in [0.1, 0.15) is 12.2 Å². The van der Waals surface area contributed by atoms with E-state index >= 15 is 0 Å².